The third-order valence-corrected chi connectivity index (χ3v) is 2.57. The van der Waals surface area contributed by atoms with Crippen molar-refractivity contribution in [2.75, 3.05) is 31.2 Å². The van der Waals surface area contributed by atoms with Crippen molar-refractivity contribution in [3.8, 4) is 0 Å². The Bertz CT molecular complexity index is 511. The lowest BCUT2D eigenvalue weighted by atomic mass is 10.5. The van der Waals surface area contributed by atoms with Crippen LogP contribution in [0.5, 0.6) is 0 Å². The van der Waals surface area contributed by atoms with Gasteiger partial charge < -0.3 is 10.0 Å². The summed E-state index contributed by atoms with van der Waals surface area (Å²) in [6, 6.07) is 0. The molecule has 0 radical (unpaired) electrons. The van der Waals surface area contributed by atoms with Gasteiger partial charge in [-0.3, -0.25) is 9.52 Å². The first-order valence-corrected chi connectivity index (χ1v) is 6.93. The summed E-state index contributed by atoms with van der Waals surface area (Å²) in [5, 5.41) is 15.9. The van der Waals surface area contributed by atoms with Crippen LogP contribution in [0.25, 0.3) is 0 Å². The maximum atomic E-state index is 11.6. The molecule has 0 aliphatic carbocycles. The maximum Gasteiger partial charge on any atom is 0.244 e. The van der Waals surface area contributed by atoms with E-state index in [-0.39, 0.29) is 31.4 Å². The van der Waals surface area contributed by atoms with Gasteiger partial charge in [-0.2, -0.15) is 0 Å². The van der Waals surface area contributed by atoms with Gasteiger partial charge in [-0.25, -0.2) is 13.1 Å². The first kappa shape index (κ1) is 14.4. The molecule has 2 N–H and O–H groups in total. The van der Waals surface area contributed by atoms with Gasteiger partial charge in [-0.05, 0) is 0 Å². The van der Waals surface area contributed by atoms with Crippen LogP contribution in [0.4, 0.5) is 5.82 Å². The lowest BCUT2D eigenvalue weighted by molar-refractivity contribution is -0.131. The molecule has 10 heteroatoms. The molecular formula is C8H15N5O4S. The summed E-state index contributed by atoms with van der Waals surface area (Å²) in [6.07, 6.45) is 2.30. The van der Waals surface area contributed by atoms with E-state index < -0.39 is 10.0 Å². The summed E-state index contributed by atoms with van der Waals surface area (Å²) in [4.78, 5) is 12.9. The maximum absolute atomic E-state index is 11.6. The Labute approximate surface area is 104 Å². The number of hydrogen-bond acceptors (Lipinski definition) is 6. The van der Waals surface area contributed by atoms with Crippen molar-refractivity contribution < 1.29 is 18.3 Å². The van der Waals surface area contributed by atoms with E-state index in [0.29, 0.717) is 0 Å². The van der Waals surface area contributed by atoms with Gasteiger partial charge in [0, 0.05) is 13.6 Å². The molecule has 0 atom stereocenters. The SMILES string of the molecule is CN(CCO)C(=O)Cn1cc(NS(C)(=O)=O)nn1. The van der Waals surface area contributed by atoms with Crippen LogP contribution in [0.2, 0.25) is 0 Å². The second-order valence-electron chi connectivity index (χ2n) is 3.71. The van der Waals surface area contributed by atoms with Crippen LogP contribution in [0.1, 0.15) is 0 Å². The van der Waals surface area contributed by atoms with Crippen molar-refractivity contribution >= 4 is 21.7 Å². The minimum absolute atomic E-state index is 0.0510. The van der Waals surface area contributed by atoms with Crippen molar-refractivity contribution in [3.05, 3.63) is 6.20 Å². The minimum atomic E-state index is -3.41. The molecule has 0 saturated heterocycles. The number of aliphatic hydroxyl groups excluding tert-OH is 1. The Morgan fingerprint density at radius 1 is 1.61 bits per heavy atom. The second-order valence-corrected chi connectivity index (χ2v) is 5.46. The molecule has 0 spiro atoms. The number of nitrogens with one attached hydrogen (secondary N) is 1. The molecule has 18 heavy (non-hydrogen) atoms. The molecule has 102 valence electrons. The standard InChI is InChI=1S/C8H15N5O4S/c1-12(3-4-14)8(15)6-13-5-7(9-11-13)10-18(2,16)17/h5,10,14H,3-4,6H2,1-2H3. The molecule has 1 amide bonds. The third-order valence-electron chi connectivity index (χ3n) is 1.99. The number of hydrogen-bond donors (Lipinski definition) is 2. The van der Waals surface area contributed by atoms with Gasteiger partial charge in [-0.1, -0.05) is 5.21 Å². The Balaban J connectivity index is 2.62. The smallest absolute Gasteiger partial charge is 0.244 e. The van der Waals surface area contributed by atoms with Crippen LogP contribution < -0.4 is 4.72 Å². The Kier molecular flexibility index (Phi) is 4.62. The Morgan fingerprint density at radius 2 is 2.28 bits per heavy atom. The molecule has 0 aliphatic rings. The molecule has 1 heterocycles. The highest BCUT2D eigenvalue weighted by molar-refractivity contribution is 7.92. The number of anilines is 1. The van der Waals surface area contributed by atoms with Gasteiger partial charge in [-0.15, -0.1) is 5.10 Å². The summed E-state index contributed by atoms with van der Waals surface area (Å²) in [6.45, 7) is 0.0252. The highest BCUT2D eigenvalue weighted by Crippen LogP contribution is 2.02. The molecule has 1 rings (SSSR count). The zero-order chi connectivity index (χ0) is 13.8. The normalized spacial score (nSPS) is 11.3. The van der Waals surface area contributed by atoms with E-state index in [1.54, 1.807) is 7.05 Å². The van der Waals surface area contributed by atoms with Gasteiger partial charge in [0.05, 0.1) is 19.1 Å². The zero-order valence-electron chi connectivity index (χ0n) is 10.1. The van der Waals surface area contributed by atoms with E-state index in [1.807, 2.05) is 0 Å². The Hall–Kier alpha value is -1.68. The van der Waals surface area contributed by atoms with Crippen molar-refractivity contribution in [1.82, 2.24) is 19.9 Å². The van der Waals surface area contributed by atoms with Crippen molar-refractivity contribution in [3.63, 3.8) is 0 Å². The van der Waals surface area contributed by atoms with E-state index in [9.17, 15) is 13.2 Å². The van der Waals surface area contributed by atoms with E-state index in [1.165, 1.54) is 15.8 Å². The summed E-state index contributed by atoms with van der Waals surface area (Å²) in [7, 11) is -1.86. The number of aliphatic hydroxyl groups is 1. The van der Waals surface area contributed by atoms with E-state index in [0.717, 1.165) is 6.26 Å². The van der Waals surface area contributed by atoms with Crippen molar-refractivity contribution in [1.29, 1.82) is 0 Å². The molecule has 0 aliphatic heterocycles. The minimum Gasteiger partial charge on any atom is -0.395 e. The molecule has 0 fully saturated rings. The van der Waals surface area contributed by atoms with Crippen LogP contribution in [-0.2, 0) is 21.4 Å². The first-order chi connectivity index (χ1) is 8.31. The Morgan fingerprint density at radius 3 is 2.83 bits per heavy atom. The third kappa shape index (κ3) is 4.67. The van der Waals surface area contributed by atoms with E-state index in [2.05, 4.69) is 15.0 Å². The van der Waals surface area contributed by atoms with E-state index in [4.69, 9.17) is 5.11 Å². The number of rotatable bonds is 6. The highest BCUT2D eigenvalue weighted by atomic mass is 32.2. The molecular weight excluding hydrogens is 262 g/mol. The van der Waals surface area contributed by atoms with Gasteiger partial charge >= 0.3 is 0 Å². The number of amides is 1. The zero-order valence-corrected chi connectivity index (χ0v) is 10.9. The lowest BCUT2D eigenvalue weighted by Gasteiger charge is -2.14. The number of likely N-dealkylation sites (N-methyl/N-ethyl adjacent to an activating group) is 1. The van der Waals surface area contributed by atoms with Crippen LogP contribution in [0.15, 0.2) is 6.20 Å². The molecule has 1 aromatic rings. The molecule has 1 aromatic heterocycles. The lowest BCUT2D eigenvalue weighted by Crippen LogP contribution is -2.32. The molecule has 0 saturated carbocycles. The van der Waals surface area contributed by atoms with Crippen molar-refractivity contribution in [2.45, 2.75) is 6.54 Å². The molecule has 0 bridgehead atoms. The number of nitrogens with zero attached hydrogens (tertiary/aromatic N) is 4. The molecule has 0 aromatic carbocycles. The molecule has 9 nitrogen and oxygen atoms in total. The van der Waals surface area contributed by atoms with Gasteiger partial charge in [0.1, 0.15) is 6.54 Å². The summed E-state index contributed by atoms with van der Waals surface area (Å²) in [5.74, 6) is -0.213. The fourth-order valence-electron chi connectivity index (χ4n) is 1.15. The second kappa shape index (κ2) is 5.78. The quantitative estimate of drug-likeness (QED) is 0.627. The first-order valence-electron chi connectivity index (χ1n) is 5.04. The van der Waals surface area contributed by atoms with Crippen LogP contribution in [0.3, 0.4) is 0 Å². The van der Waals surface area contributed by atoms with Gasteiger partial charge in [0.15, 0.2) is 5.82 Å². The number of carbonyl (C=O) groups is 1. The van der Waals surface area contributed by atoms with E-state index >= 15 is 0 Å². The highest BCUT2D eigenvalue weighted by Gasteiger charge is 2.11. The van der Waals surface area contributed by atoms with Crippen LogP contribution >= 0.6 is 0 Å². The number of carbonyl (C=O) groups excluding carboxylic acids is 1. The fraction of sp³-hybridized carbons (Fsp3) is 0.625. The topological polar surface area (TPSA) is 117 Å². The predicted molar refractivity (Wildman–Crippen MR) is 63.2 cm³/mol. The van der Waals surface area contributed by atoms with Crippen LogP contribution in [0, 0.1) is 0 Å². The number of sulfonamides is 1. The van der Waals surface area contributed by atoms with Gasteiger partial charge in [0.2, 0.25) is 15.9 Å². The summed E-state index contributed by atoms with van der Waals surface area (Å²) < 4.78 is 25.2. The predicted octanol–water partition coefficient (Wildman–Crippen LogP) is -1.90. The average molecular weight is 277 g/mol. The summed E-state index contributed by atoms with van der Waals surface area (Å²) in [5.41, 5.74) is 0. The number of aromatic nitrogens is 3. The summed E-state index contributed by atoms with van der Waals surface area (Å²) >= 11 is 0. The average Bonchev–Trinajstić information content (AvgIpc) is 2.63. The molecule has 0 unspecified atom stereocenters. The monoisotopic (exact) mass is 277 g/mol. The van der Waals surface area contributed by atoms with Crippen LogP contribution in [-0.4, -0.2) is 65.8 Å². The van der Waals surface area contributed by atoms with Gasteiger partial charge in [0.25, 0.3) is 0 Å². The largest absolute Gasteiger partial charge is 0.395 e. The van der Waals surface area contributed by atoms with Crippen molar-refractivity contribution in [2.24, 2.45) is 0 Å². The fourth-order valence-corrected chi connectivity index (χ4v) is 1.62.